The molecule has 2 nitrogen and oxygen atoms in total. The van der Waals surface area contributed by atoms with E-state index < -0.39 is 0 Å². The molecule has 0 aromatic heterocycles. The van der Waals surface area contributed by atoms with E-state index in [0.29, 0.717) is 5.92 Å². The Bertz CT molecular complexity index is 558. The Morgan fingerprint density at radius 2 is 1.80 bits per heavy atom. The van der Waals surface area contributed by atoms with Gasteiger partial charge in [0.1, 0.15) is 0 Å². The third-order valence-corrected chi connectivity index (χ3v) is 4.23. The highest BCUT2D eigenvalue weighted by atomic mass is 16.5. The van der Waals surface area contributed by atoms with Gasteiger partial charge in [-0.15, -0.1) is 0 Å². The van der Waals surface area contributed by atoms with Gasteiger partial charge in [0.2, 0.25) is 0 Å². The maximum absolute atomic E-state index is 10.3. The van der Waals surface area contributed by atoms with Gasteiger partial charge < -0.3 is 9.84 Å². The van der Waals surface area contributed by atoms with Crippen molar-refractivity contribution in [1.82, 2.24) is 0 Å². The summed E-state index contributed by atoms with van der Waals surface area (Å²) in [7, 11) is 0. The second-order valence-electron chi connectivity index (χ2n) is 5.83. The molecule has 106 valence electrons. The van der Waals surface area contributed by atoms with E-state index in [2.05, 4.69) is 42.5 Å². The van der Waals surface area contributed by atoms with Crippen LogP contribution in [0.15, 0.2) is 42.5 Å². The number of ether oxygens (including phenoxy) is 1. The second kappa shape index (κ2) is 6.38. The Morgan fingerprint density at radius 1 is 1.05 bits per heavy atom. The zero-order valence-corrected chi connectivity index (χ0v) is 11.8. The number of fused-ring (bicyclic) bond motifs is 1. The average molecular weight is 270 g/mol. The molecule has 0 saturated carbocycles. The van der Waals surface area contributed by atoms with Crippen molar-refractivity contribution < 1.29 is 9.84 Å². The Labute approximate surface area is 120 Å². The van der Waals surface area contributed by atoms with E-state index in [1.165, 1.54) is 16.3 Å². The van der Waals surface area contributed by atoms with Crippen molar-refractivity contribution >= 4 is 10.8 Å². The lowest BCUT2D eigenvalue weighted by molar-refractivity contribution is 0.0439. The molecule has 1 atom stereocenters. The minimum atomic E-state index is -0.237. The van der Waals surface area contributed by atoms with Crippen molar-refractivity contribution in [3.63, 3.8) is 0 Å². The van der Waals surface area contributed by atoms with Crippen molar-refractivity contribution in [2.45, 2.75) is 31.8 Å². The average Bonchev–Trinajstić information content (AvgIpc) is 2.48. The standard InChI is InChI=1S/C18H22O2/c19-18(12-14-7-9-20-10-8-14)13-15-5-6-16-3-1-2-4-17(16)11-15/h1-6,11,14,18-19H,7-10,12-13H2. The number of aliphatic hydroxyl groups is 1. The van der Waals surface area contributed by atoms with Gasteiger partial charge in [-0.25, -0.2) is 0 Å². The normalized spacial score (nSPS) is 18.2. The minimum Gasteiger partial charge on any atom is -0.393 e. The van der Waals surface area contributed by atoms with Gasteiger partial charge in [-0.2, -0.15) is 0 Å². The van der Waals surface area contributed by atoms with Crippen LogP contribution in [0.5, 0.6) is 0 Å². The van der Waals surface area contributed by atoms with Crippen LogP contribution >= 0.6 is 0 Å². The summed E-state index contributed by atoms with van der Waals surface area (Å²) in [5.41, 5.74) is 1.23. The Balaban J connectivity index is 1.62. The fourth-order valence-electron chi connectivity index (χ4n) is 3.09. The highest BCUT2D eigenvalue weighted by Gasteiger charge is 2.18. The molecule has 2 aromatic rings. The van der Waals surface area contributed by atoms with Gasteiger partial charge in [-0.1, -0.05) is 42.5 Å². The molecule has 2 heteroatoms. The van der Waals surface area contributed by atoms with Gasteiger partial charge in [0.25, 0.3) is 0 Å². The maximum atomic E-state index is 10.3. The molecule has 1 heterocycles. The molecule has 1 aliphatic heterocycles. The van der Waals surface area contributed by atoms with E-state index in [4.69, 9.17) is 4.74 Å². The first-order chi connectivity index (χ1) is 9.81. The smallest absolute Gasteiger partial charge is 0.0583 e. The predicted octanol–water partition coefficient (Wildman–Crippen LogP) is 3.56. The molecular formula is C18H22O2. The zero-order valence-electron chi connectivity index (χ0n) is 11.8. The first kappa shape index (κ1) is 13.6. The largest absolute Gasteiger partial charge is 0.393 e. The molecule has 20 heavy (non-hydrogen) atoms. The van der Waals surface area contributed by atoms with E-state index >= 15 is 0 Å². The first-order valence-electron chi connectivity index (χ1n) is 7.55. The van der Waals surface area contributed by atoms with E-state index in [9.17, 15) is 5.11 Å². The maximum Gasteiger partial charge on any atom is 0.0583 e. The summed E-state index contributed by atoms with van der Waals surface area (Å²) in [6.45, 7) is 1.71. The fraction of sp³-hybridized carbons (Fsp3) is 0.444. The van der Waals surface area contributed by atoms with Gasteiger partial charge in [0.05, 0.1) is 6.10 Å². The lowest BCUT2D eigenvalue weighted by Gasteiger charge is -2.24. The molecule has 0 bridgehead atoms. The number of hydrogen-bond acceptors (Lipinski definition) is 2. The summed E-state index contributed by atoms with van der Waals surface area (Å²) in [5, 5.41) is 12.8. The second-order valence-corrected chi connectivity index (χ2v) is 5.83. The highest BCUT2D eigenvalue weighted by Crippen LogP contribution is 2.23. The lowest BCUT2D eigenvalue weighted by atomic mass is 9.91. The van der Waals surface area contributed by atoms with E-state index in [0.717, 1.165) is 38.9 Å². The Hall–Kier alpha value is -1.38. The summed E-state index contributed by atoms with van der Waals surface area (Å²) in [6.07, 6.45) is 3.60. The first-order valence-corrected chi connectivity index (χ1v) is 7.55. The molecule has 3 rings (SSSR count). The molecule has 2 aromatic carbocycles. The summed E-state index contributed by atoms with van der Waals surface area (Å²) in [4.78, 5) is 0. The van der Waals surface area contributed by atoms with Crippen LogP contribution in [0.4, 0.5) is 0 Å². The quantitative estimate of drug-likeness (QED) is 0.920. The molecule has 1 fully saturated rings. The van der Waals surface area contributed by atoms with Crippen LogP contribution in [0, 0.1) is 5.92 Å². The summed E-state index contributed by atoms with van der Waals surface area (Å²) >= 11 is 0. The minimum absolute atomic E-state index is 0.237. The summed E-state index contributed by atoms with van der Waals surface area (Å²) in [6, 6.07) is 14.8. The van der Waals surface area contributed by atoms with Crippen molar-refractivity contribution in [3.8, 4) is 0 Å². The molecule has 1 unspecified atom stereocenters. The van der Waals surface area contributed by atoms with Crippen molar-refractivity contribution in [1.29, 1.82) is 0 Å². The van der Waals surface area contributed by atoms with Gasteiger partial charge in [0.15, 0.2) is 0 Å². The topological polar surface area (TPSA) is 29.5 Å². The van der Waals surface area contributed by atoms with Crippen LogP contribution in [0.25, 0.3) is 10.8 Å². The molecule has 0 aliphatic carbocycles. The molecule has 0 amide bonds. The van der Waals surface area contributed by atoms with Crippen molar-refractivity contribution in [2.75, 3.05) is 13.2 Å². The Morgan fingerprint density at radius 3 is 2.60 bits per heavy atom. The third-order valence-electron chi connectivity index (χ3n) is 4.23. The number of aliphatic hydroxyl groups excluding tert-OH is 1. The summed E-state index contributed by atoms with van der Waals surface area (Å²) < 4.78 is 5.37. The van der Waals surface area contributed by atoms with Crippen molar-refractivity contribution in [2.24, 2.45) is 5.92 Å². The SMILES string of the molecule is OC(Cc1ccc2ccccc2c1)CC1CCOCC1. The van der Waals surface area contributed by atoms with Crippen molar-refractivity contribution in [3.05, 3.63) is 48.0 Å². The third kappa shape index (κ3) is 3.38. The monoisotopic (exact) mass is 270 g/mol. The van der Waals surface area contributed by atoms with E-state index in [1.54, 1.807) is 0 Å². The molecule has 0 spiro atoms. The van der Waals surface area contributed by atoms with Crippen LogP contribution in [0.3, 0.4) is 0 Å². The van der Waals surface area contributed by atoms with Crippen LogP contribution in [-0.2, 0) is 11.2 Å². The molecule has 1 saturated heterocycles. The summed E-state index contributed by atoms with van der Waals surface area (Å²) in [5.74, 6) is 0.624. The molecule has 1 aliphatic rings. The van der Waals surface area contributed by atoms with Gasteiger partial charge >= 0.3 is 0 Å². The lowest BCUT2D eigenvalue weighted by Crippen LogP contribution is -2.22. The van der Waals surface area contributed by atoms with Gasteiger partial charge in [-0.3, -0.25) is 0 Å². The fourth-order valence-corrected chi connectivity index (χ4v) is 3.09. The van der Waals surface area contributed by atoms with Crippen LogP contribution in [-0.4, -0.2) is 24.4 Å². The Kier molecular flexibility index (Phi) is 4.34. The van der Waals surface area contributed by atoms with E-state index in [-0.39, 0.29) is 6.10 Å². The van der Waals surface area contributed by atoms with Gasteiger partial charge in [0, 0.05) is 13.2 Å². The number of rotatable bonds is 4. The molecular weight excluding hydrogens is 248 g/mol. The number of hydrogen-bond donors (Lipinski definition) is 1. The predicted molar refractivity (Wildman–Crippen MR) is 81.8 cm³/mol. The van der Waals surface area contributed by atoms with Crippen LogP contribution in [0.2, 0.25) is 0 Å². The number of benzene rings is 2. The van der Waals surface area contributed by atoms with Gasteiger partial charge in [-0.05, 0) is 47.9 Å². The van der Waals surface area contributed by atoms with Crippen LogP contribution < -0.4 is 0 Å². The molecule has 0 radical (unpaired) electrons. The van der Waals surface area contributed by atoms with Crippen LogP contribution in [0.1, 0.15) is 24.8 Å². The zero-order chi connectivity index (χ0) is 13.8. The highest BCUT2D eigenvalue weighted by molar-refractivity contribution is 5.82. The van der Waals surface area contributed by atoms with E-state index in [1.807, 2.05) is 0 Å². The molecule has 1 N–H and O–H groups in total.